The molecule has 0 aliphatic rings. The maximum Gasteiger partial charge on any atom is 0.261 e. The van der Waals surface area contributed by atoms with Gasteiger partial charge in [-0.05, 0) is 24.1 Å². The fourth-order valence-corrected chi connectivity index (χ4v) is 2.88. The van der Waals surface area contributed by atoms with E-state index < -0.39 is 23.1 Å². The molecule has 0 atom stereocenters. The molecule has 0 heterocycles. The molecule has 1 aromatic carbocycles. The normalized spacial score (nSPS) is 12.1. The Kier molecular flexibility index (Phi) is 6.47. The van der Waals surface area contributed by atoms with Crippen LogP contribution in [0.15, 0.2) is 23.1 Å². The van der Waals surface area contributed by atoms with Gasteiger partial charge in [0.1, 0.15) is 6.61 Å². The van der Waals surface area contributed by atoms with E-state index in [4.69, 9.17) is 5.73 Å². The van der Waals surface area contributed by atoms with Gasteiger partial charge in [-0.25, -0.2) is 21.9 Å². The highest BCUT2D eigenvalue weighted by Crippen LogP contribution is 2.16. The predicted molar refractivity (Wildman–Crippen MR) is 71.1 cm³/mol. The number of halogens is 2. The van der Waals surface area contributed by atoms with Crippen molar-refractivity contribution in [2.75, 3.05) is 19.8 Å². The quantitative estimate of drug-likeness (QED) is 0.702. The molecular weight excluding hydrogens is 290 g/mol. The Labute approximate surface area is 117 Å². The van der Waals surface area contributed by atoms with Crippen molar-refractivity contribution in [3.8, 4) is 0 Å². The Hall–Kier alpha value is -1.09. The van der Waals surface area contributed by atoms with Crippen molar-refractivity contribution in [3.05, 3.63) is 29.3 Å². The first-order chi connectivity index (χ1) is 9.36. The second kappa shape index (κ2) is 7.63. The highest BCUT2D eigenvalue weighted by Gasteiger charge is 2.16. The number of benzene rings is 1. The van der Waals surface area contributed by atoms with Gasteiger partial charge in [0.2, 0.25) is 10.0 Å². The first kappa shape index (κ1) is 17.0. The van der Waals surface area contributed by atoms with Crippen molar-refractivity contribution in [2.45, 2.75) is 24.8 Å². The van der Waals surface area contributed by atoms with Crippen LogP contribution in [0.5, 0.6) is 0 Å². The molecule has 0 aliphatic heterocycles. The van der Waals surface area contributed by atoms with Gasteiger partial charge in [0.05, 0.1) is 11.5 Å². The topological polar surface area (TPSA) is 81.4 Å². The molecule has 0 saturated heterocycles. The second-order valence-corrected chi connectivity index (χ2v) is 5.90. The van der Waals surface area contributed by atoms with Gasteiger partial charge in [-0.1, -0.05) is 12.1 Å². The molecule has 0 aliphatic carbocycles. The molecule has 0 saturated carbocycles. The van der Waals surface area contributed by atoms with Crippen LogP contribution in [0.3, 0.4) is 0 Å². The standard InChI is InChI=1S/C12H18F2N2O3S/c1-9-6-10(7-15)2-3-11(9)20(17,18)16-4-5-19-8-12(13)14/h2-3,6,12,16H,4-5,7-8,15H2,1H3. The fourth-order valence-electron chi connectivity index (χ4n) is 1.64. The van der Waals surface area contributed by atoms with E-state index in [0.29, 0.717) is 12.1 Å². The van der Waals surface area contributed by atoms with Crippen molar-refractivity contribution in [3.63, 3.8) is 0 Å². The summed E-state index contributed by atoms with van der Waals surface area (Å²) < 4.78 is 54.5. The number of nitrogens with one attached hydrogen (secondary N) is 1. The molecule has 0 spiro atoms. The van der Waals surface area contributed by atoms with Gasteiger partial charge < -0.3 is 10.5 Å². The van der Waals surface area contributed by atoms with Gasteiger partial charge in [-0.3, -0.25) is 0 Å². The van der Waals surface area contributed by atoms with E-state index in [1.165, 1.54) is 6.07 Å². The molecule has 0 unspecified atom stereocenters. The summed E-state index contributed by atoms with van der Waals surface area (Å²) in [5.74, 6) is 0. The molecule has 0 fully saturated rings. The second-order valence-electron chi connectivity index (χ2n) is 4.17. The van der Waals surface area contributed by atoms with Gasteiger partial charge in [0.15, 0.2) is 0 Å². The number of ether oxygens (including phenoxy) is 1. The van der Waals surface area contributed by atoms with Crippen molar-refractivity contribution in [1.82, 2.24) is 4.72 Å². The maximum atomic E-state index is 12.0. The summed E-state index contributed by atoms with van der Waals surface area (Å²) in [7, 11) is -3.67. The van der Waals surface area contributed by atoms with E-state index in [2.05, 4.69) is 9.46 Å². The van der Waals surface area contributed by atoms with Crippen LogP contribution in [0.4, 0.5) is 8.78 Å². The monoisotopic (exact) mass is 308 g/mol. The highest BCUT2D eigenvalue weighted by molar-refractivity contribution is 7.89. The smallest absolute Gasteiger partial charge is 0.261 e. The molecule has 114 valence electrons. The Morgan fingerprint density at radius 2 is 2.10 bits per heavy atom. The molecule has 8 heteroatoms. The molecule has 1 aromatic rings. The number of hydrogen-bond acceptors (Lipinski definition) is 4. The summed E-state index contributed by atoms with van der Waals surface area (Å²) in [6.45, 7) is 1.12. The van der Waals surface area contributed by atoms with Gasteiger partial charge in [-0.15, -0.1) is 0 Å². The lowest BCUT2D eigenvalue weighted by Crippen LogP contribution is -2.28. The van der Waals surface area contributed by atoms with Gasteiger partial charge in [0.25, 0.3) is 6.43 Å². The zero-order valence-electron chi connectivity index (χ0n) is 11.1. The van der Waals surface area contributed by atoms with Gasteiger partial charge in [0, 0.05) is 13.1 Å². The van der Waals surface area contributed by atoms with Crippen LogP contribution in [0, 0.1) is 6.92 Å². The first-order valence-corrected chi connectivity index (χ1v) is 7.50. The Morgan fingerprint density at radius 3 is 2.65 bits per heavy atom. The third kappa shape index (κ3) is 5.12. The minimum absolute atomic E-state index is 0.0624. The Morgan fingerprint density at radius 1 is 1.40 bits per heavy atom. The number of aryl methyl sites for hydroxylation is 1. The summed E-state index contributed by atoms with van der Waals surface area (Å²) in [6.07, 6.45) is -2.56. The number of sulfonamides is 1. The number of hydrogen-bond donors (Lipinski definition) is 2. The summed E-state index contributed by atoms with van der Waals surface area (Å²) in [5, 5.41) is 0. The summed E-state index contributed by atoms with van der Waals surface area (Å²) in [4.78, 5) is 0.142. The fraction of sp³-hybridized carbons (Fsp3) is 0.500. The van der Waals surface area contributed by atoms with Crippen LogP contribution in [-0.2, 0) is 21.3 Å². The third-order valence-electron chi connectivity index (χ3n) is 2.55. The Bertz CT molecular complexity index is 536. The van der Waals surface area contributed by atoms with Gasteiger partial charge >= 0.3 is 0 Å². The van der Waals surface area contributed by atoms with E-state index in [0.717, 1.165) is 5.56 Å². The van der Waals surface area contributed by atoms with E-state index in [1.807, 2.05) is 0 Å². The van der Waals surface area contributed by atoms with E-state index in [1.54, 1.807) is 19.1 Å². The molecule has 0 amide bonds. The zero-order valence-corrected chi connectivity index (χ0v) is 11.9. The predicted octanol–water partition coefficient (Wildman–Crippen LogP) is 1.01. The average Bonchev–Trinajstić information content (AvgIpc) is 2.37. The molecule has 0 aromatic heterocycles. The highest BCUT2D eigenvalue weighted by atomic mass is 32.2. The van der Waals surface area contributed by atoms with Crippen LogP contribution in [-0.4, -0.2) is 34.6 Å². The number of alkyl halides is 2. The molecule has 0 bridgehead atoms. The van der Waals surface area contributed by atoms with Crippen molar-refractivity contribution < 1.29 is 21.9 Å². The lowest BCUT2D eigenvalue weighted by molar-refractivity contribution is 0.0199. The van der Waals surface area contributed by atoms with Crippen LogP contribution in [0.2, 0.25) is 0 Å². The number of rotatable bonds is 8. The third-order valence-corrected chi connectivity index (χ3v) is 4.17. The summed E-state index contributed by atoms with van der Waals surface area (Å²) in [5.41, 5.74) is 6.89. The van der Waals surface area contributed by atoms with Crippen LogP contribution >= 0.6 is 0 Å². The maximum absolute atomic E-state index is 12.0. The molecule has 5 nitrogen and oxygen atoms in total. The SMILES string of the molecule is Cc1cc(CN)ccc1S(=O)(=O)NCCOCC(F)F. The summed E-state index contributed by atoms with van der Waals surface area (Å²) >= 11 is 0. The lowest BCUT2D eigenvalue weighted by Gasteiger charge is -2.10. The van der Waals surface area contributed by atoms with Gasteiger partial charge in [-0.2, -0.15) is 0 Å². The van der Waals surface area contributed by atoms with Crippen LogP contribution in [0.1, 0.15) is 11.1 Å². The average molecular weight is 308 g/mol. The molecule has 3 N–H and O–H groups in total. The molecule has 1 rings (SSSR count). The van der Waals surface area contributed by atoms with E-state index >= 15 is 0 Å². The minimum Gasteiger partial charge on any atom is -0.374 e. The van der Waals surface area contributed by atoms with Crippen molar-refractivity contribution >= 4 is 10.0 Å². The summed E-state index contributed by atoms with van der Waals surface area (Å²) in [6, 6.07) is 4.80. The lowest BCUT2D eigenvalue weighted by atomic mass is 10.1. The van der Waals surface area contributed by atoms with E-state index in [-0.39, 0.29) is 18.0 Å². The molecule has 0 radical (unpaired) electrons. The van der Waals surface area contributed by atoms with Crippen LogP contribution in [0.25, 0.3) is 0 Å². The number of nitrogens with two attached hydrogens (primary N) is 1. The zero-order chi connectivity index (χ0) is 15.2. The Balaban J connectivity index is 2.60. The molecular formula is C12H18F2N2O3S. The van der Waals surface area contributed by atoms with E-state index in [9.17, 15) is 17.2 Å². The van der Waals surface area contributed by atoms with Crippen molar-refractivity contribution in [1.29, 1.82) is 0 Å². The molecule has 20 heavy (non-hydrogen) atoms. The largest absolute Gasteiger partial charge is 0.374 e. The van der Waals surface area contributed by atoms with Crippen molar-refractivity contribution in [2.24, 2.45) is 5.73 Å². The van der Waals surface area contributed by atoms with Crippen LogP contribution < -0.4 is 10.5 Å². The minimum atomic E-state index is -3.67. The first-order valence-electron chi connectivity index (χ1n) is 6.02.